The van der Waals surface area contributed by atoms with Gasteiger partial charge in [-0.25, -0.2) is 4.98 Å². The second-order valence-corrected chi connectivity index (χ2v) is 6.44. The summed E-state index contributed by atoms with van der Waals surface area (Å²) in [6.07, 6.45) is 6.72. The summed E-state index contributed by atoms with van der Waals surface area (Å²) < 4.78 is 0. The Morgan fingerprint density at radius 3 is 3.00 bits per heavy atom. The molecule has 2 rings (SSSR count). The van der Waals surface area contributed by atoms with Gasteiger partial charge in [-0.15, -0.1) is 11.8 Å². The number of hydrogen-bond donors (Lipinski definition) is 1. The largest absolute Gasteiger partial charge is 0.389 e. The minimum Gasteiger partial charge on any atom is -0.389 e. The lowest BCUT2D eigenvalue weighted by Gasteiger charge is -2.25. The number of aromatic nitrogens is 1. The number of pyridine rings is 1. The first-order valence-electron chi connectivity index (χ1n) is 6.46. The van der Waals surface area contributed by atoms with E-state index in [1.165, 1.54) is 25.7 Å². The van der Waals surface area contributed by atoms with E-state index in [1.54, 1.807) is 13.1 Å². The van der Waals surface area contributed by atoms with Crippen molar-refractivity contribution in [2.45, 2.75) is 55.9 Å². The highest BCUT2D eigenvalue weighted by Crippen LogP contribution is 2.35. The molecule has 3 atom stereocenters. The van der Waals surface area contributed by atoms with Crippen LogP contribution < -0.4 is 0 Å². The van der Waals surface area contributed by atoms with Crippen LogP contribution in [0.25, 0.3) is 0 Å². The van der Waals surface area contributed by atoms with Crippen LogP contribution in [-0.4, -0.2) is 15.3 Å². The van der Waals surface area contributed by atoms with Crippen molar-refractivity contribution in [2.24, 2.45) is 5.92 Å². The normalized spacial score (nSPS) is 26.8. The molecule has 1 N–H and O–H groups in total. The van der Waals surface area contributed by atoms with Crippen molar-refractivity contribution >= 4 is 11.8 Å². The molecule has 1 heterocycles. The molecule has 0 spiro atoms. The van der Waals surface area contributed by atoms with Crippen molar-refractivity contribution in [3.63, 3.8) is 0 Å². The van der Waals surface area contributed by atoms with E-state index in [-0.39, 0.29) is 0 Å². The van der Waals surface area contributed by atoms with Gasteiger partial charge in [0.1, 0.15) is 0 Å². The van der Waals surface area contributed by atoms with Gasteiger partial charge in [-0.2, -0.15) is 0 Å². The number of aliphatic hydroxyl groups is 1. The average molecular weight is 251 g/mol. The first-order valence-corrected chi connectivity index (χ1v) is 7.34. The van der Waals surface area contributed by atoms with Gasteiger partial charge in [-0.1, -0.05) is 19.8 Å². The van der Waals surface area contributed by atoms with Gasteiger partial charge in [0.15, 0.2) is 0 Å². The zero-order chi connectivity index (χ0) is 12.3. The smallest absolute Gasteiger partial charge is 0.0966 e. The molecule has 17 heavy (non-hydrogen) atoms. The van der Waals surface area contributed by atoms with Crippen molar-refractivity contribution < 1.29 is 5.11 Å². The first kappa shape index (κ1) is 12.9. The molecule has 0 aliphatic heterocycles. The van der Waals surface area contributed by atoms with E-state index >= 15 is 0 Å². The summed E-state index contributed by atoms with van der Waals surface area (Å²) in [6, 6.07) is 3.91. The van der Waals surface area contributed by atoms with Gasteiger partial charge in [-0.3, -0.25) is 0 Å². The molecule has 1 fully saturated rings. The van der Waals surface area contributed by atoms with Crippen LogP contribution in [-0.2, 0) is 0 Å². The second kappa shape index (κ2) is 5.87. The Balaban J connectivity index is 2.00. The maximum atomic E-state index is 9.56. The highest BCUT2D eigenvalue weighted by molar-refractivity contribution is 7.99. The van der Waals surface area contributed by atoms with Gasteiger partial charge >= 0.3 is 0 Å². The molecule has 2 nitrogen and oxygen atoms in total. The summed E-state index contributed by atoms with van der Waals surface area (Å²) in [5.41, 5.74) is 0.964. The highest BCUT2D eigenvalue weighted by Gasteiger charge is 2.20. The summed E-state index contributed by atoms with van der Waals surface area (Å²) in [5.74, 6) is 0.848. The monoisotopic (exact) mass is 251 g/mol. The van der Waals surface area contributed by atoms with Gasteiger partial charge in [0, 0.05) is 11.4 Å². The van der Waals surface area contributed by atoms with E-state index in [2.05, 4.69) is 11.9 Å². The zero-order valence-corrected chi connectivity index (χ0v) is 11.4. The average Bonchev–Trinajstić information content (AvgIpc) is 2.29. The van der Waals surface area contributed by atoms with Gasteiger partial charge in [0.05, 0.1) is 11.1 Å². The fourth-order valence-corrected chi connectivity index (χ4v) is 3.78. The number of hydrogen-bond acceptors (Lipinski definition) is 3. The van der Waals surface area contributed by atoms with E-state index in [4.69, 9.17) is 0 Å². The van der Waals surface area contributed by atoms with Crippen molar-refractivity contribution in [2.75, 3.05) is 0 Å². The molecule has 0 saturated heterocycles. The Morgan fingerprint density at radius 1 is 1.47 bits per heavy atom. The Kier molecular flexibility index (Phi) is 4.46. The number of rotatable bonds is 3. The maximum Gasteiger partial charge on any atom is 0.0966 e. The predicted molar refractivity (Wildman–Crippen MR) is 72.1 cm³/mol. The fourth-order valence-electron chi connectivity index (χ4n) is 2.41. The molecular weight excluding hydrogens is 230 g/mol. The topological polar surface area (TPSA) is 33.1 Å². The SMILES string of the molecule is CC1CCCC(Sc2cc([C@H](C)O)ccn2)C1. The highest BCUT2D eigenvalue weighted by atomic mass is 32.2. The third-order valence-electron chi connectivity index (χ3n) is 3.42. The minimum atomic E-state index is -0.400. The molecule has 1 saturated carbocycles. The lowest BCUT2D eigenvalue weighted by molar-refractivity contribution is 0.199. The third-order valence-corrected chi connectivity index (χ3v) is 4.64. The van der Waals surface area contributed by atoms with Crippen LogP contribution in [0.2, 0.25) is 0 Å². The van der Waals surface area contributed by atoms with E-state index in [0.717, 1.165) is 16.5 Å². The van der Waals surface area contributed by atoms with Gasteiger partial charge in [0.2, 0.25) is 0 Å². The molecule has 2 unspecified atom stereocenters. The molecule has 94 valence electrons. The van der Waals surface area contributed by atoms with Crippen molar-refractivity contribution in [3.05, 3.63) is 23.9 Å². The second-order valence-electron chi connectivity index (χ2n) is 5.12. The molecule has 1 aromatic heterocycles. The Morgan fingerprint density at radius 2 is 2.29 bits per heavy atom. The molecule has 0 aromatic carbocycles. The third kappa shape index (κ3) is 3.71. The molecule has 0 bridgehead atoms. The van der Waals surface area contributed by atoms with Crippen LogP contribution in [0.1, 0.15) is 51.2 Å². The van der Waals surface area contributed by atoms with E-state index in [9.17, 15) is 5.11 Å². The summed E-state index contributed by atoms with van der Waals surface area (Å²) in [4.78, 5) is 4.39. The minimum absolute atomic E-state index is 0.400. The molecule has 3 heteroatoms. The van der Waals surface area contributed by atoms with Crippen LogP contribution in [0, 0.1) is 5.92 Å². The maximum absolute atomic E-state index is 9.56. The van der Waals surface area contributed by atoms with Crippen molar-refractivity contribution in [3.8, 4) is 0 Å². The molecule has 0 amide bonds. The molecule has 1 aliphatic carbocycles. The summed E-state index contributed by atoms with van der Waals surface area (Å²) in [5, 5.41) is 11.3. The predicted octanol–water partition coefficient (Wildman–Crippen LogP) is 3.81. The van der Waals surface area contributed by atoms with Gasteiger partial charge in [-0.05, 0) is 43.4 Å². The summed E-state index contributed by atoms with van der Waals surface area (Å²) in [6.45, 7) is 4.14. The molecular formula is C14H21NOS. The Labute approximate surface area is 108 Å². The van der Waals surface area contributed by atoms with Crippen molar-refractivity contribution in [1.82, 2.24) is 4.98 Å². The Hall–Kier alpha value is -0.540. The van der Waals surface area contributed by atoms with Crippen molar-refractivity contribution in [1.29, 1.82) is 0 Å². The lowest BCUT2D eigenvalue weighted by Crippen LogP contribution is -2.15. The quantitative estimate of drug-likeness (QED) is 0.887. The summed E-state index contributed by atoms with van der Waals surface area (Å²) >= 11 is 1.88. The molecule has 1 aliphatic rings. The van der Waals surface area contributed by atoms with Crippen LogP contribution >= 0.6 is 11.8 Å². The van der Waals surface area contributed by atoms with Crippen LogP contribution in [0.15, 0.2) is 23.4 Å². The van der Waals surface area contributed by atoms with Gasteiger partial charge < -0.3 is 5.11 Å². The standard InChI is InChI=1S/C14H21NOS/c1-10-4-3-5-13(8-10)17-14-9-12(11(2)16)6-7-15-14/h6-7,9-11,13,16H,3-5,8H2,1-2H3/t10?,11-,13?/m0/s1. The van der Waals surface area contributed by atoms with Crippen LogP contribution in [0.5, 0.6) is 0 Å². The van der Waals surface area contributed by atoms with Crippen LogP contribution in [0.3, 0.4) is 0 Å². The van der Waals surface area contributed by atoms with E-state index in [1.807, 2.05) is 23.9 Å². The zero-order valence-electron chi connectivity index (χ0n) is 10.6. The lowest BCUT2D eigenvalue weighted by atomic mass is 9.91. The Bertz CT molecular complexity index is 367. The van der Waals surface area contributed by atoms with Crippen LogP contribution in [0.4, 0.5) is 0 Å². The van der Waals surface area contributed by atoms with Gasteiger partial charge in [0.25, 0.3) is 0 Å². The molecule has 1 aromatic rings. The molecule has 0 radical (unpaired) electrons. The number of nitrogens with zero attached hydrogens (tertiary/aromatic N) is 1. The first-order chi connectivity index (χ1) is 8.15. The van der Waals surface area contributed by atoms with E-state index in [0.29, 0.717) is 5.25 Å². The fraction of sp³-hybridized carbons (Fsp3) is 0.643. The van der Waals surface area contributed by atoms with E-state index < -0.39 is 6.10 Å². The number of aliphatic hydroxyl groups excluding tert-OH is 1. The number of thioether (sulfide) groups is 1. The summed E-state index contributed by atoms with van der Waals surface area (Å²) in [7, 11) is 0.